The minimum atomic E-state index is -0.107. The quantitative estimate of drug-likeness (QED) is 0.101. The third-order valence-electron chi connectivity index (χ3n) is 6.46. The molecule has 0 bridgehead atoms. The largest absolute Gasteiger partial charge is 0.427 e. The molecule has 0 heterocycles. The van der Waals surface area contributed by atoms with Crippen LogP contribution >= 0.6 is 0 Å². The van der Waals surface area contributed by atoms with Gasteiger partial charge in [0.25, 0.3) is 0 Å². The van der Waals surface area contributed by atoms with Gasteiger partial charge in [0.05, 0.1) is 0 Å². The molecule has 2 heteroatoms. The Morgan fingerprint density at radius 2 is 0.969 bits per heavy atom. The fraction of sp³-hybridized carbons (Fsp3) is 0.767. The molecular weight excluding hydrogens is 392 g/mol. The number of hydrogen-bond donors (Lipinski definition) is 0. The average molecular weight is 445 g/mol. The highest BCUT2D eigenvalue weighted by Crippen LogP contribution is 2.17. The molecule has 0 aliphatic carbocycles. The third kappa shape index (κ3) is 17.3. The Morgan fingerprint density at radius 1 is 0.562 bits per heavy atom. The molecule has 0 amide bonds. The molecule has 0 unspecified atom stereocenters. The van der Waals surface area contributed by atoms with Crippen molar-refractivity contribution in [2.75, 3.05) is 0 Å². The van der Waals surface area contributed by atoms with Crippen molar-refractivity contribution in [3.05, 3.63) is 29.8 Å². The Kier molecular flexibility index (Phi) is 19.3. The van der Waals surface area contributed by atoms with Gasteiger partial charge in [0.2, 0.25) is 0 Å². The van der Waals surface area contributed by atoms with Crippen LogP contribution in [0.2, 0.25) is 0 Å². The van der Waals surface area contributed by atoms with Crippen molar-refractivity contribution in [2.45, 2.75) is 149 Å². The van der Waals surface area contributed by atoms with Gasteiger partial charge in [-0.2, -0.15) is 0 Å². The first-order valence-electron chi connectivity index (χ1n) is 14.1. The Balaban J connectivity index is 1.89. The number of carbonyl (C=O) groups excluding carboxylic acids is 1. The van der Waals surface area contributed by atoms with Crippen LogP contribution in [0.5, 0.6) is 5.75 Å². The van der Waals surface area contributed by atoms with Crippen LogP contribution in [-0.4, -0.2) is 5.97 Å². The number of hydrogen-bond acceptors (Lipinski definition) is 2. The van der Waals surface area contributed by atoms with Gasteiger partial charge in [0, 0.05) is 6.42 Å². The molecule has 1 rings (SSSR count). The summed E-state index contributed by atoms with van der Waals surface area (Å²) in [5.74, 6) is 0.575. The van der Waals surface area contributed by atoms with E-state index in [1.165, 1.54) is 108 Å². The Labute approximate surface area is 199 Å². The first kappa shape index (κ1) is 28.7. The fourth-order valence-electron chi connectivity index (χ4n) is 4.30. The molecule has 0 saturated carbocycles. The Hall–Kier alpha value is -1.31. The van der Waals surface area contributed by atoms with Crippen molar-refractivity contribution in [1.82, 2.24) is 0 Å². The molecule has 0 N–H and O–H groups in total. The molecule has 0 spiro atoms. The summed E-state index contributed by atoms with van der Waals surface area (Å²) in [5.41, 5.74) is 1.35. The molecule has 0 aliphatic rings. The molecule has 2 nitrogen and oxygen atoms in total. The highest BCUT2D eigenvalue weighted by molar-refractivity contribution is 5.72. The predicted octanol–water partition coefficient (Wildman–Crippen LogP) is 9.98. The normalized spacial score (nSPS) is 11.1. The van der Waals surface area contributed by atoms with E-state index >= 15 is 0 Å². The van der Waals surface area contributed by atoms with E-state index < -0.39 is 0 Å². The zero-order valence-electron chi connectivity index (χ0n) is 21.5. The summed E-state index contributed by atoms with van der Waals surface area (Å²) in [5, 5.41) is 0. The maximum Gasteiger partial charge on any atom is 0.311 e. The van der Waals surface area contributed by atoms with E-state index in [0.717, 1.165) is 25.7 Å². The zero-order valence-corrected chi connectivity index (χ0v) is 21.5. The lowest BCUT2D eigenvalue weighted by molar-refractivity contribution is -0.134. The van der Waals surface area contributed by atoms with Gasteiger partial charge in [0.1, 0.15) is 5.75 Å². The van der Waals surface area contributed by atoms with Crippen molar-refractivity contribution in [3.8, 4) is 5.75 Å². The minimum Gasteiger partial charge on any atom is -0.427 e. The van der Waals surface area contributed by atoms with Gasteiger partial charge in [-0.15, -0.1) is 0 Å². The van der Waals surface area contributed by atoms with Crippen molar-refractivity contribution >= 4 is 5.97 Å². The van der Waals surface area contributed by atoms with Crippen molar-refractivity contribution in [1.29, 1.82) is 0 Å². The van der Waals surface area contributed by atoms with Gasteiger partial charge < -0.3 is 4.74 Å². The monoisotopic (exact) mass is 444 g/mol. The maximum atomic E-state index is 11.8. The summed E-state index contributed by atoms with van der Waals surface area (Å²) in [6, 6.07) is 8.11. The van der Waals surface area contributed by atoms with Crippen molar-refractivity contribution in [3.63, 3.8) is 0 Å². The van der Waals surface area contributed by atoms with Crippen molar-refractivity contribution < 1.29 is 9.53 Å². The zero-order chi connectivity index (χ0) is 23.1. The van der Waals surface area contributed by atoms with Crippen LogP contribution in [0.4, 0.5) is 0 Å². The number of rotatable bonds is 22. The summed E-state index contributed by atoms with van der Waals surface area (Å²) >= 11 is 0. The summed E-state index contributed by atoms with van der Waals surface area (Å²) in [6.07, 6.45) is 27.3. The van der Waals surface area contributed by atoms with E-state index in [9.17, 15) is 4.79 Å². The lowest BCUT2D eigenvalue weighted by atomic mass is 10.0. The van der Waals surface area contributed by atoms with Crippen molar-refractivity contribution in [2.24, 2.45) is 0 Å². The number of aryl methyl sites for hydroxylation is 1. The molecule has 184 valence electrons. The lowest BCUT2D eigenvalue weighted by Gasteiger charge is -2.06. The smallest absolute Gasteiger partial charge is 0.311 e. The summed E-state index contributed by atoms with van der Waals surface area (Å²) < 4.78 is 5.41. The first-order chi connectivity index (χ1) is 15.8. The average Bonchev–Trinajstić information content (AvgIpc) is 2.80. The molecule has 32 heavy (non-hydrogen) atoms. The number of unbranched alkanes of at least 4 members (excludes halogenated alkanes) is 17. The summed E-state index contributed by atoms with van der Waals surface area (Å²) in [4.78, 5) is 11.8. The lowest BCUT2D eigenvalue weighted by Crippen LogP contribution is -2.07. The van der Waals surface area contributed by atoms with Gasteiger partial charge in [0.15, 0.2) is 0 Å². The van der Waals surface area contributed by atoms with Gasteiger partial charge in [-0.1, -0.05) is 135 Å². The molecule has 1 aromatic rings. The van der Waals surface area contributed by atoms with E-state index in [1.807, 2.05) is 12.1 Å². The third-order valence-corrected chi connectivity index (χ3v) is 6.46. The summed E-state index contributed by atoms with van der Waals surface area (Å²) in [6.45, 7) is 4.43. The number of ether oxygens (including phenoxy) is 1. The van der Waals surface area contributed by atoms with Crippen LogP contribution in [0.3, 0.4) is 0 Å². The van der Waals surface area contributed by atoms with Gasteiger partial charge in [-0.05, 0) is 37.0 Å². The number of benzene rings is 1. The van der Waals surface area contributed by atoms with Crippen LogP contribution in [0.25, 0.3) is 0 Å². The standard InChI is InChI=1S/C30H52O2/c1-3-5-7-8-9-10-11-12-13-14-15-16-17-18-19-21-22-28-24-26-29(27-25-28)32-30(31)23-20-6-4-2/h24-27H,3-23H2,1-2H3. The first-order valence-corrected chi connectivity index (χ1v) is 14.1. The molecule has 0 radical (unpaired) electrons. The van der Waals surface area contributed by atoms with E-state index in [0.29, 0.717) is 12.2 Å². The second-order valence-corrected chi connectivity index (χ2v) is 9.63. The van der Waals surface area contributed by atoms with Gasteiger partial charge >= 0.3 is 5.97 Å². The summed E-state index contributed by atoms with van der Waals surface area (Å²) in [7, 11) is 0. The van der Waals surface area contributed by atoms with Crippen LogP contribution in [-0.2, 0) is 11.2 Å². The molecule has 0 fully saturated rings. The van der Waals surface area contributed by atoms with E-state index in [4.69, 9.17) is 4.74 Å². The van der Waals surface area contributed by atoms with Crippen LogP contribution < -0.4 is 4.74 Å². The maximum absolute atomic E-state index is 11.8. The van der Waals surface area contributed by atoms with Crippen LogP contribution in [0.1, 0.15) is 148 Å². The second kappa shape index (κ2) is 21.5. The fourth-order valence-corrected chi connectivity index (χ4v) is 4.30. The molecule has 0 aliphatic heterocycles. The van der Waals surface area contributed by atoms with Crippen LogP contribution in [0, 0.1) is 0 Å². The number of esters is 1. The molecule has 0 aromatic heterocycles. The number of carbonyl (C=O) groups is 1. The Bertz CT molecular complexity index is 534. The highest BCUT2D eigenvalue weighted by atomic mass is 16.5. The van der Waals surface area contributed by atoms with E-state index in [2.05, 4.69) is 26.0 Å². The SMILES string of the molecule is CCCCCCCCCCCCCCCCCCc1ccc(OC(=O)CCCCC)cc1. The van der Waals surface area contributed by atoms with Crippen LogP contribution in [0.15, 0.2) is 24.3 Å². The second-order valence-electron chi connectivity index (χ2n) is 9.63. The molecular formula is C30H52O2. The molecule has 0 saturated heterocycles. The van der Waals surface area contributed by atoms with E-state index in [1.54, 1.807) is 0 Å². The van der Waals surface area contributed by atoms with Gasteiger partial charge in [-0.25, -0.2) is 0 Å². The molecule has 0 atom stereocenters. The highest BCUT2D eigenvalue weighted by Gasteiger charge is 2.04. The molecule has 1 aromatic carbocycles. The van der Waals surface area contributed by atoms with E-state index in [-0.39, 0.29) is 5.97 Å². The predicted molar refractivity (Wildman–Crippen MR) is 139 cm³/mol. The topological polar surface area (TPSA) is 26.3 Å². The Morgan fingerprint density at radius 3 is 1.44 bits per heavy atom. The van der Waals surface area contributed by atoms with Gasteiger partial charge in [-0.3, -0.25) is 4.79 Å². The minimum absolute atomic E-state index is 0.107.